The molecule has 1 aromatic heterocycles. The maximum Gasteiger partial charge on any atom is 0.255 e. The molecule has 21 heavy (non-hydrogen) atoms. The van der Waals surface area contributed by atoms with Gasteiger partial charge in [-0.25, -0.2) is 0 Å². The lowest BCUT2D eigenvalue weighted by atomic mass is 10.1. The molecule has 0 unspecified atom stereocenters. The van der Waals surface area contributed by atoms with Crippen molar-refractivity contribution in [3.63, 3.8) is 0 Å². The maximum atomic E-state index is 12.2. The van der Waals surface area contributed by atoms with E-state index in [2.05, 4.69) is 0 Å². The zero-order valence-corrected chi connectivity index (χ0v) is 12.2. The first-order valence-electron chi connectivity index (χ1n) is 6.40. The third kappa shape index (κ3) is 2.75. The van der Waals surface area contributed by atoms with E-state index in [4.69, 9.17) is 14.7 Å². The Kier molecular flexibility index (Phi) is 4.29. The van der Waals surface area contributed by atoms with Gasteiger partial charge in [0.1, 0.15) is 0 Å². The molecular weight excluding hydrogens is 268 g/mol. The molecule has 0 amide bonds. The molecule has 0 saturated heterocycles. The van der Waals surface area contributed by atoms with E-state index in [0.717, 1.165) is 11.3 Å². The van der Waals surface area contributed by atoms with Gasteiger partial charge in [0.15, 0.2) is 11.5 Å². The molecule has 0 radical (unpaired) electrons. The predicted molar refractivity (Wildman–Crippen MR) is 79.5 cm³/mol. The van der Waals surface area contributed by atoms with E-state index in [9.17, 15) is 4.79 Å². The summed E-state index contributed by atoms with van der Waals surface area (Å²) in [6, 6.07) is 11.0. The topological polar surface area (TPSA) is 64.2 Å². The number of nitrogens with zero attached hydrogens (tertiary/aromatic N) is 2. The lowest BCUT2D eigenvalue weighted by Crippen LogP contribution is -2.22. The van der Waals surface area contributed by atoms with Crippen LogP contribution in [-0.4, -0.2) is 18.8 Å². The van der Waals surface area contributed by atoms with Crippen LogP contribution in [0.2, 0.25) is 0 Å². The lowest BCUT2D eigenvalue weighted by Gasteiger charge is -2.13. The van der Waals surface area contributed by atoms with Gasteiger partial charge in [-0.1, -0.05) is 6.07 Å². The molecule has 108 valence electrons. The number of nitriles is 1. The molecule has 5 nitrogen and oxygen atoms in total. The SMILES string of the molecule is COc1ccc(-c2ccc(CC#N)c(=O)n2C)cc1OC. The number of benzene rings is 1. The fraction of sp³-hybridized carbons (Fsp3) is 0.250. The summed E-state index contributed by atoms with van der Waals surface area (Å²) in [4.78, 5) is 12.2. The highest BCUT2D eigenvalue weighted by Crippen LogP contribution is 2.31. The number of pyridine rings is 1. The van der Waals surface area contributed by atoms with Gasteiger partial charge in [0.2, 0.25) is 0 Å². The number of ether oxygens (including phenoxy) is 2. The Morgan fingerprint density at radius 1 is 1.14 bits per heavy atom. The Labute approximate surface area is 123 Å². The molecule has 0 atom stereocenters. The van der Waals surface area contributed by atoms with Gasteiger partial charge in [-0.2, -0.15) is 5.26 Å². The second-order valence-corrected chi connectivity index (χ2v) is 4.51. The predicted octanol–water partition coefficient (Wildman–Crippen LogP) is 2.14. The fourth-order valence-corrected chi connectivity index (χ4v) is 2.19. The van der Waals surface area contributed by atoms with Crippen molar-refractivity contribution in [2.75, 3.05) is 14.2 Å². The minimum absolute atomic E-state index is 0.110. The number of hydrogen-bond donors (Lipinski definition) is 0. The second-order valence-electron chi connectivity index (χ2n) is 4.51. The normalized spacial score (nSPS) is 10.0. The Morgan fingerprint density at radius 3 is 2.48 bits per heavy atom. The molecule has 2 aromatic rings. The quantitative estimate of drug-likeness (QED) is 0.862. The van der Waals surface area contributed by atoms with Crippen LogP contribution in [0.4, 0.5) is 0 Å². The van der Waals surface area contributed by atoms with E-state index in [1.54, 1.807) is 33.4 Å². The number of rotatable bonds is 4. The number of hydrogen-bond acceptors (Lipinski definition) is 4. The van der Waals surface area contributed by atoms with Crippen molar-refractivity contribution in [3.05, 3.63) is 46.2 Å². The average molecular weight is 284 g/mol. The fourth-order valence-electron chi connectivity index (χ4n) is 2.19. The summed E-state index contributed by atoms with van der Waals surface area (Å²) in [6.45, 7) is 0. The summed E-state index contributed by atoms with van der Waals surface area (Å²) in [5, 5.41) is 8.72. The summed E-state index contributed by atoms with van der Waals surface area (Å²) in [6.07, 6.45) is 0.110. The van der Waals surface area contributed by atoms with Gasteiger partial charge in [-0.15, -0.1) is 0 Å². The lowest BCUT2D eigenvalue weighted by molar-refractivity contribution is 0.355. The maximum absolute atomic E-state index is 12.2. The molecule has 0 saturated carbocycles. The van der Waals surface area contributed by atoms with E-state index in [1.165, 1.54) is 4.57 Å². The summed E-state index contributed by atoms with van der Waals surface area (Å²) >= 11 is 0. The second kappa shape index (κ2) is 6.14. The number of methoxy groups -OCH3 is 2. The molecule has 2 rings (SSSR count). The van der Waals surface area contributed by atoms with Gasteiger partial charge in [0.05, 0.1) is 32.4 Å². The summed E-state index contributed by atoms with van der Waals surface area (Å²) in [5.41, 5.74) is 1.92. The highest BCUT2D eigenvalue weighted by Gasteiger charge is 2.10. The first-order valence-corrected chi connectivity index (χ1v) is 6.40. The van der Waals surface area contributed by atoms with E-state index in [1.807, 2.05) is 24.3 Å². The summed E-state index contributed by atoms with van der Waals surface area (Å²) in [5.74, 6) is 1.23. The molecule has 5 heteroatoms. The molecule has 0 fully saturated rings. The van der Waals surface area contributed by atoms with Crippen molar-refractivity contribution in [2.24, 2.45) is 7.05 Å². The molecule has 0 aliphatic rings. The van der Waals surface area contributed by atoms with Crippen LogP contribution in [0.15, 0.2) is 35.1 Å². The van der Waals surface area contributed by atoms with Crippen LogP contribution in [-0.2, 0) is 13.5 Å². The van der Waals surface area contributed by atoms with Gasteiger partial charge in [-0.3, -0.25) is 4.79 Å². The molecule has 0 bridgehead atoms. The number of aromatic nitrogens is 1. The molecule has 1 heterocycles. The van der Waals surface area contributed by atoms with E-state index in [-0.39, 0.29) is 12.0 Å². The van der Waals surface area contributed by atoms with Crippen molar-refractivity contribution >= 4 is 0 Å². The molecule has 0 aliphatic heterocycles. The van der Waals surface area contributed by atoms with E-state index >= 15 is 0 Å². The van der Waals surface area contributed by atoms with Crippen molar-refractivity contribution < 1.29 is 9.47 Å². The van der Waals surface area contributed by atoms with Gasteiger partial charge < -0.3 is 14.0 Å². The molecule has 0 aliphatic carbocycles. The van der Waals surface area contributed by atoms with Crippen LogP contribution in [0.1, 0.15) is 5.56 Å². The zero-order chi connectivity index (χ0) is 15.4. The van der Waals surface area contributed by atoms with Crippen molar-refractivity contribution in [2.45, 2.75) is 6.42 Å². The average Bonchev–Trinajstić information content (AvgIpc) is 2.51. The smallest absolute Gasteiger partial charge is 0.255 e. The van der Waals surface area contributed by atoms with Crippen LogP contribution in [0.5, 0.6) is 11.5 Å². The van der Waals surface area contributed by atoms with Crippen molar-refractivity contribution in [1.29, 1.82) is 5.26 Å². The molecule has 1 aromatic carbocycles. The van der Waals surface area contributed by atoms with Gasteiger partial charge >= 0.3 is 0 Å². The monoisotopic (exact) mass is 284 g/mol. The summed E-state index contributed by atoms with van der Waals surface area (Å²) in [7, 11) is 4.83. The van der Waals surface area contributed by atoms with Crippen LogP contribution in [0, 0.1) is 11.3 Å². The van der Waals surface area contributed by atoms with Crippen LogP contribution in [0.3, 0.4) is 0 Å². The van der Waals surface area contributed by atoms with Crippen molar-refractivity contribution in [1.82, 2.24) is 4.57 Å². The highest BCUT2D eigenvalue weighted by molar-refractivity contribution is 5.64. The Hall–Kier alpha value is -2.74. The minimum atomic E-state index is -0.163. The van der Waals surface area contributed by atoms with Gasteiger partial charge in [-0.05, 0) is 24.3 Å². The Balaban J connectivity index is 2.55. The van der Waals surface area contributed by atoms with Crippen molar-refractivity contribution in [3.8, 4) is 28.8 Å². The molecule has 0 N–H and O–H groups in total. The first-order chi connectivity index (χ1) is 10.1. The van der Waals surface area contributed by atoms with Gasteiger partial charge in [0.25, 0.3) is 5.56 Å². The third-order valence-corrected chi connectivity index (χ3v) is 3.33. The minimum Gasteiger partial charge on any atom is -0.493 e. The zero-order valence-electron chi connectivity index (χ0n) is 12.2. The highest BCUT2D eigenvalue weighted by atomic mass is 16.5. The Morgan fingerprint density at radius 2 is 1.86 bits per heavy atom. The molecule has 0 spiro atoms. The van der Waals surface area contributed by atoms with E-state index in [0.29, 0.717) is 17.1 Å². The first kappa shape index (κ1) is 14.7. The largest absolute Gasteiger partial charge is 0.493 e. The summed E-state index contributed by atoms with van der Waals surface area (Å²) < 4.78 is 12.0. The van der Waals surface area contributed by atoms with Crippen LogP contribution in [0.25, 0.3) is 11.3 Å². The van der Waals surface area contributed by atoms with Gasteiger partial charge in [0, 0.05) is 18.2 Å². The van der Waals surface area contributed by atoms with Crippen LogP contribution >= 0.6 is 0 Å². The standard InChI is InChI=1S/C16H16N2O3/c1-18-13(6-4-11(8-9-17)16(18)19)12-5-7-14(20-2)15(10-12)21-3/h4-7,10H,8H2,1-3H3. The molecular formula is C16H16N2O3. The van der Waals surface area contributed by atoms with E-state index < -0.39 is 0 Å². The third-order valence-electron chi connectivity index (χ3n) is 3.33. The Bertz CT molecular complexity index is 757. The van der Waals surface area contributed by atoms with Crippen LogP contribution < -0.4 is 15.0 Å².